The van der Waals surface area contributed by atoms with Crippen LogP contribution in [0.15, 0.2) is 18.3 Å². The molecule has 0 aliphatic rings. The van der Waals surface area contributed by atoms with E-state index in [1.807, 2.05) is 20.2 Å². The van der Waals surface area contributed by atoms with Gasteiger partial charge in [-0.1, -0.05) is 11.6 Å². The molecule has 0 amide bonds. The van der Waals surface area contributed by atoms with Crippen LogP contribution in [0.2, 0.25) is 5.02 Å². The number of pyridine rings is 1. The third-order valence-corrected chi connectivity index (χ3v) is 2.73. The van der Waals surface area contributed by atoms with E-state index in [0.717, 1.165) is 18.8 Å². The van der Waals surface area contributed by atoms with E-state index < -0.39 is 0 Å². The highest BCUT2D eigenvalue weighted by Gasteiger charge is 2.02. The topological polar surface area (TPSA) is 54.7 Å². The Morgan fingerprint density at radius 3 is 3.00 bits per heavy atom. The van der Waals surface area contributed by atoms with Gasteiger partial charge in [-0.15, -0.1) is 5.10 Å². The molecule has 0 unspecified atom stereocenters. The van der Waals surface area contributed by atoms with Gasteiger partial charge in [0.15, 0.2) is 5.65 Å². The molecule has 19 heavy (non-hydrogen) atoms. The lowest BCUT2D eigenvalue weighted by Gasteiger charge is -2.09. The van der Waals surface area contributed by atoms with Gasteiger partial charge in [0.2, 0.25) is 5.95 Å². The number of hydrogen-bond donors (Lipinski definition) is 1. The van der Waals surface area contributed by atoms with Crippen LogP contribution in [0.4, 0.5) is 5.95 Å². The van der Waals surface area contributed by atoms with E-state index >= 15 is 0 Å². The average Bonchev–Trinajstić information content (AvgIpc) is 2.75. The maximum atomic E-state index is 5.88. The zero-order valence-corrected chi connectivity index (χ0v) is 11.9. The zero-order valence-electron chi connectivity index (χ0n) is 11.1. The molecule has 0 aromatic carbocycles. The molecule has 0 saturated heterocycles. The van der Waals surface area contributed by atoms with Gasteiger partial charge < -0.3 is 15.0 Å². The van der Waals surface area contributed by atoms with Gasteiger partial charge in [-0.25, -0.2) is 4.52 Å². The van der Waals surface area contributed by atoms with Crippen LogP contribution in [0.3, 0.4) is 0 Å². The van der Waals surface area contributed by atoms with Crippen LogP contribution in [0.25, 0.3) is 5.65 Å². The quantitative estimate of drug-likeness (QED) is 0.778. The summed E-state index contributed by atoms with van der Waals surface area (Å²) in [5.74, 6) is 0.582. The molecule has 2 rings (SSSR count). The molecule has 2 heterocycles. The van der Waals surface area contributed by atoms with Crippen molar-refractivity contribution in [3.63, 3.8) is 0 Å². The fourth-order valence-corrected chi connectivity index (χ4v) is 1.67. The molecule has 0 aliphatic heterocycles. The fourth-order valence-electron chi connectivity index (χ4n) is 1.52. The van der Waals surface area contributed by atoms with Gasteiger partial charge >= 0.3 is 0 Å². The van der Waals surface area contributed by atoms with E-state index in [0.29, 0.717) is 24.1 Å². The van der Waals surface area contributed by atoms with Crippen LogP contribution in [-0.4, -0.2) is 59.9 Å². The number of nitrogens with zero attached hydrogens (tertiary/aromatic N) is 4. The number of likely N-dealkylation sites (N-methyl/N-ethyl adjacent to an activating group) is 1. The summed E-state index contributed by atoms with van der Waals surface area (Å²) in [7, 11) is 4.04. The summed E-state index contributed by atoms with van der Waals surface area (Å²) in [6, 6.07) is 3.62. The van der Waals surface area contributed by atoms with Crippen LogP contribution in [0.1, 0.15) is 0 Å². The van der Waals surface area contributed by atoms with E-state index in [9.17, 15) is 0 Å². The first-order valence-electron chi connectivity index (χ1n) is 6.13. The lowest BCUT2D eigenvalue weighted by molar-refractivity contribution is 0.126. The number of nitrogens with one attached hydrogen (secondary N) is 1. The summed E-state index contributed by atoms with van der Waals surface area (Å²) in [6.07, 6.45) is 1.72. The molecule has 0 spiro atoms. The Labute approximate surface area is 117 Å². The van der Waals surface area contributed by atoms with Gasteiger partial charge in [0.25, 0.3) is 0 Å². The van der Waals surface area contributed by atoms with E-state index in [1.54, 1.807) is 16.8 Å². The van der Waals surface area contributed by atoms with Gasteiger partial charge in [-0.05, 0) is 26.2 Å². The molecule has 0 aliphatic carbocycles. The number of fused-ring (bicyclic) bond motifs is 1. The maximum Gasteiger partial charge on any atom is 0.243 e. The molecular weight excluding hydrogens is 266 g/mol. The minimum absolute atomic E-state index is 0.582. The standard InChI is InChI=1S/C12H18ClN5O/c1-17(2)6-8-19-7-5-14-12-15-11-4-3-10(13)9-18(11)16-12/h3-4,9H,5-8H2,1-2H3,(H,14,16). The Morgan fingerprint density at radius 2 is 2.21 bits per heavy atom. The summed E-state index contributed by atoms with van der Waals surface area (Å²) in [5.41, 5.74) is 0.764. The smallest absolute Gasteiger partial charge is 0.243 e. The van der Waals surface area contributed by atoms with Crippen molar-refractivity contribution in [1.82, 2.24) is 19.5 Å². The number of halogens is 1. The van der Waals surface area contributed by atoms with Crippen molar-refractivity contribution in [3.8, 4) is 0 Å². The third-order valence-electron chi connectivity index (χ3n) is 2.51. The number of rotatable bonds is 7. The number of hydrogen-bond acceptors (Lipinski definition) is 5. The van der Waals surface area contributed by atoms with Crippen molar-refractivity contribution in [2.24, 2.45) is 0 Å². The molecule has 2 aromatic heterocycles. The Balaban J connectivity index is 1.75. The van der Waals surface area contributed by atoms with Gasteiger partial charge in [-0.2, -0.15) is 4.98 Å². The van der Waals surface area contributed by atoms with Crippen LogP contribution >= 0.6 is 11.6 Å². The fraction of sp³-hybridized carbons (Fsp3) is 0.500. The second-order valence-corrected chi connectivity index (χ2v) is 4.86. The predicted molar refractivity (Wildman–Crippen MR) is 75.9 cm³/mol. The third kappa shape index (κ3) is 4.34. The molecule has 0 bridgehead atoms. The van der Waals surface area contributed by atoms with Gasteiger partial charge in [0, 0.05) is 19.3 Å². The minimum atomic E-state index is 0.582. The summed E-state index contributed by atoms with van der Waals surface area (Å²) >= 11 is 5.88. The Bertz CT molecular complexity index is 528. The molecule has 0 atom stereocenters. The second kappa shape index (κ2) is 6.70. The number of aromatic nitrogens is 3. The first-order valence-corrected chi connectivity index (χ1v) is 6.51. The summed E-state index contributed by atoms with van der Waals surface area (Å²) in [5, 5.41) is 8.02. The highest BCUT2D eigenvalue weighted by atomic mass is 35.5. The summed E-state index contributed by atoms with van der Waals surface area (Å²) < 4.78 is 7.12. The van der Waals surface area contributed by atoms with Crippen molar-refractivity contribution < 1.29 is 4.74 Å². The Kier molecular flexibility index (Phi) is 4.95. The molecule has 1 N–H and O–H groups in total. The zero-order chi connectivity index (χ0) is 13.7. The molecule has 6 nitrogen and oxygen atoms in total. The van der Waals surface area contributed by atoms with Crippen molar-refractivity contribution in [2.75, 3.05) is 45.7 Å². The number of ether oxygens (including phenoxy) is 1. The molecule has 0 saturated carbocycles. The summed E-state index contributed by atoms with van der Waals surface area (Å²) in [6.45, 7) is 2.95. The minimum Gasteiger partial charge on any atom is -0.378 e. The van der Waals surface area contributed by atoms with E-state index in [1.165, 1.54) is 0 Å². The Hall–Kier alpha value is -1.37. The largest absolute Gasteiger partial charge is 0.378 e. The second-order valence-electron chi connectivity index (χ2n) is 4.43. The van der Waals surface area contributed by atoms with Crippen molar-refractivity contribution in [2.45, 2.75) is 0 Å². The van der Waals surface area contributed by atoms with Gasteiger partial charge in [0.05, 0.1) is 18.2 Å². The molecule has 0 fully saturated rings. The van der Waals surface area contributed by atoms with Crippen LogP contribution in [-0.2, 0) is 4.74 Å². The van der Waals surface area contributed by atoms with Crippen molar-refractivity contribution in [3.05, 3.63) is 23.4 Å². The molecular formula is C12H18ClN5O. The average molecular weight is 284 g/mol. The van der Waals surface area contributed by atoms with Gasteiger partial charge in [-0.3, -0.25) is 0 Å². The lowest BCUT2D eigenvalue weighted by atomic mass is 10.5. The Morgan fingerprint density at radius 1 is 1.37 bits per heavy atom. The lowest BCUT2D eigenvalue weighted by Crippen LogP contribution is -2.20. The van der Waals surface area contributed by atoms with E-state index in [4.69, 9.17) is 16.3 Å². The highest BCUT2D eigenvalue weighted by Crippen LogP contribution is 2.11. The van der Waals surface area contributed by atoms with E-state index in [-0.39, 0.29) is 0 Å². The first kappa shape index (κ1) is 14.0. The summed E-state index contributed by atoms with van der Waals surface area (Å²) in [4.78, 5) is 6.40. The molecule has 2 aromatic rings. The molecule has 0 radical (unpaired) electrons. The molecule has 7 heteroatoms. The van der Waals surface area contributed by atoms with Gasteiger partial charge in [0.1, 0.15) is 0 Å². The SMILES string of the molecule is CN(C)CCOCCNc1nc2ccc(Cl)cn2n1. The maximum absolute atomic E-state index is 5.88. The van der Waals surface area contributed by atoms with Crippen LogP contribution < -0.4 is 5.32 Å². The highest BCUT2D eigenvalue weighted by molar-refractivity contribution is 6.30. The number of anilines is 1. The molecule has 104 valence electrons. The van der Waals surface area contributed by atoms with Crippen molar-refractivity contribution >= 4 is 23.2 Å². The monoisotopic (exact) mass is 283 g/mol. The van der Waals surface area contributed by atoms with Crippen molar-refractivity contribution in [1.29, 1.82) is 0 Å². The van der Waals surface area contributed by atoms with Crippen LogP contribution in [0.5, 0.6) is 0 Å². The van der Waals surface area contributed by atoms with Crippen LogP contribution in [0, 0.1) is 0 Å². The predicted octanol–water partition coefficient (Wildman–Crippen LogP) is 1.37. The van der Waals surface area contributed by atoms with E-state index in [2.05, 4.69) is 20.3 Å². The normalized spacial score (nSPS) is 11.4. The first-order chi connectivity index (χ1) is 9.15.